The largest absolute Gasteiger partial charge is 0.356 e. The Bertz CT molecular complexity index is 345. The molecular formula is C23H42O2. The van der Waals surface area contributed by atoms with Crippen molar-refractivity contribution in [1.82, 2.24) is 0 Å². The van der Waals surface area contributed by atoms with Gasteiger partial charge in [0.2, 0.25) is 0 Å². The number of ether oxygens (including phenoxy) is 2. The molecule has 146 valence electrons. The molecule has 0 spiro atoms. The molecule has 2 atom stereocenters. The molecule has 0 aromatic rings. The molecule has 0 amide bonds. The van der Waals surface area contributed by atoms with E-state index >= 15 is 0 Å². The Morgan fingerprint density at radius 1 is 0.680 bits per heavy atom. The molecule has 2 nitrogen and oxygen atoms in total. The fourth-order valence-electron chi connectivity index (χ4n) is 5.94. The first kappa shape index (κ1) is 19.7. The smallest absolute Gasteiger partial charge is 0.157 e. The average Bonchev–Trinajstić information content (AvgIpc) is 2.68. The maximum Gasteiger partial charge on any atom is 0.157 e. The molecule has 2 aliphatic carbocycles. The van der Waals surface area contributed by atoms with E-state index in [1.807, 2.05) is 0 Å². The van der Waals surface area contributed by atoms with Crippen molar-refractivity contribution in [2.45, 2.75) is 103 Å². The Hall–Kier alpha value is -0.0800. The molecule has 0 radical (unpaired) electrons. The second-order valence-electron chi connectivity index (χ2n) is 9.37. The van der Waals surface area contributed by atoms with Gasteiger partial charge in [-0.1, -0.05) is 71.1 Å². The summed E-state index contributed by atoms with van der Waals surface area (Å²) in [5.74, 6) is 4.89. The van der Waals surface area contributed by atoms with Crippen LogP contribution in [0.2, 0.25) is 0 Å². The topological polar surface area (TPSA) is 18.5 Å². The van der Waals surface area contributed by atoms with Gasteiger partial charge in [0.05, 0.1) is 6.61 Å². The van der Waals surface area contributed by atoms with Crippen LogP contribution in [0, 0.1) is 29.6 Å². The summed E-state index contributed by atoms with van der Waals surface area (Å²) in [5.41, 5.74) is 0. The summed E-state index contributed by atoms with van der Waals surface area (Å²) in [6.07, 6.45) is 20.4. The van der Waals surface area contributed by atoms with Gasteiger partial charge in [0.25, 0.3) is 0 Å². The van der Waals surface area contributed by atoms with Gasteiger partial charge in [-0.05, 0) is 55.3 Å². The Labute approximate surface area is 156 Å². The Morgan fingerprint density at radius 2 is 1.20 bits per heavy atom. The molecule has 1 heterocycles. The summed E-state index contributed by atoms with van der Waals surface area (Å²) in [6, 6.07) is 0. The predicted molar refractivity (Wildman–Crippen MR) is 105 cm³/mol. The van der Waals surface area contributed by atoms with Crippen molar-refractivity contribution in [3.05, 3.63) is 0 Å². The van der Waals surface area contributed by atoms with Gasteiger partial charge in [0.15, 0.2) is 6.29 Å². The van der Waals surface area contributed by atoms with Crippen molar-refractivity contribution in [3.63, 3.8) is 0 Å². The van der Waals surface area contributed by atoms with Crippen molar-refractivity contribution in [3.8, 4) is 0 Å². The van der Waals surface area contributed by atoms with Gasteiger partial charge >= 0.3 is 0 Å². The summed E-state index contributed by atoms with van der Waals surface area (Å²) in [4.78, 5) is 0. The molecule has 0 N–H and O–H groups in total. The zero-order valence-electron chi connectivity index (χ0n) is 16.9. The van der Waals surface area contributed by atoms with Crippen LogP contribution in [0.15, 0.2) is 0 Å². The van der Waals surface area contributed by atoms with Gasteiger partial charge in [-0.2, -0.15) is 0 Å². The molecule has 1 saturated heterocycles. The molecular weight excluding hydrogens is 308 g/mol. The van der Waals surface area contributed by atoms with Gasteiger partial charge in [-0.3, -0.25) is 0 Å². The predicted octanol–water partition coefficient (Wildman–Crippen LogP) is 6.58. The van der Waals surface area contributed by atoms with Crippen LogP contribution in [0.1, 0.15) is 96.8 Å². The highest BCUT2D eigenvalue weighted by Crippen LogP contribution is 2.41. The van der Waals surface area contributed by atoms with E-state index in [9.17, 15) is 0 Å². The Morgan fingerprint density at radius 3 is 1.68 bits per heavy atom. The SMILES string of the molecule is CCCC1CCC(CCC2CCC(C3CCC(OC)OC3)CC2)CC1. The lowest BCUT2D eigenvalue weighted by Gasteiger charge is -2.38. The van der Waals surface area contributed by atoms with E-state index in [-0.39, 0.29) is 6.29 Å². The molecule has 2 heteroatoms. The van der Waals surface area contributed by atoms with Crippen LogP contribution in [0.25, 0.3) is 0 Å². The van der Waals surface area contributed by atoms with Gasteiger partial charge in [0.1, 0.15) is 0 Å². The molecule has 0 aromatic carbocycles. The highest BCUT2D eigenvalue weighted by Gasteiger charge is 2.31. The summed E-state index contributed by atoms with van der Waals surface area (Å²) in [5, 5.41) is 0. The second kappa shape index (κ2) is 10.3. The average molecular weight is 351 g/mol. The molecule has 25 heavy (non-hydrogen) atoms. The minimum Gasteiger partial charge on any atom is -0.356 e. The number of hydrogen-bond donors (Lipinski definition) is 0. The molecule has 0 aromatic heterocycles. The third-order valence-corrected chi connectivity index (χ3v) is 7.74. The Balaban J connectivity index is 1.28. The molecule has 0 bridgehead atoms. The van der Waals surface area contributed by atoms with Crippen LogP contribution in [-0.4, -0.2) is 20.0 Å². The van der Waals surface area contributed by atoms with Crippen LogP contribution in [0.3, 0.4) is 0 Å². The van der Waals surface area contributed by atoms with Gasteiger partial charge in [0, 0.05) is 7.11 Å². The van der Waals surface area contributed by atoms with Crippen LogP contribution in [0.5, 0.6) is 0 Å². The van der Waals surface area contributed by atoms with E-state index in [0.29, 0.717) is 0 Å². The maximum absolute atomic E-state index is 5.85. The minimum atomic E-state index is 0.0695. The highest BCUT2D eigenvalue weighted by molar-refractivity contribution is 4.81. The first-order valence-electron chi connectivity index (χ1n) is 11.4. The number of hydrogen-bond acceptors (Lipinski definition) is 2. The minimum absolute atomic E-state index is 0.0695. The normalized spacial score (nSPS) is 40.1. The van der Waals surface area contributed by atoms with Crippen molar-refractivity contribution in [1.29, 1.82) is 0 Å². The summed E-state index contributed by atoms with van der Waals surface area (Å²) < 4.78 is 11.2. The molecule has 2 saturated carbocycles. The van der Waals surface area contributed by atoms with Crippen molar-refractivity contribution in [2.24, 2.45) is 29.6 Å². The van der Waals surface area contributed by atoms with Crippen molar-refractivity contribution in [2.75, 3.05) is 13.7 Å². The first-order valence-corrected chi connectivity index (χ1v) is 11.4. The first-order chi connectivity index (χ1) is 12.3. The number of methoxy groups -OCH3 is 1. The molecule has 3 rings (SSSR count). The van der Waals surface area contributed by atoms with E-state index in [1.165, 1.54) is 83.5 Å². The van der Waals surface area contributed by atoms with E-state index in [1.54, 1.807) is 7.11 Å². The van der Waals surface area contributed by atoms with E-state index < -0.39 is 0 Å². The fourth-order valence-corrected chi connectivity index (χ4v) is 5.94. The van der Waals surface area contributed by atoms with Gasteiger partial charge in [-0.25, -0.2) is 0 Å². The van der Waals surface area contributed by atoms with Crippen molar-refractivity contribution < 1.29 is 9.47 Å². The van der Waals surface area contributed by atoms with Crippen LogP contribution in [-0.2, 0) is 9.47 Å². The molecule has 3 aliphatic rings. The second-order valence-corrected chi connectivity index (χ2v) is 9.37. The van der Waals surface area contributed by atoms with E-state index in [2.05, 4.69) is 6.92 Å². The van der Waals surface area contributed by atoms with E-state index in [0.717, 1.165) is 42.6 Å². The monoisotopic (exact) mass is 350 g/mol. The zero-order valence-corrected chi connectivity index (χ0v) is 16.9. The van der Waals surface area contributed by atoms with Crippen LogP contribution < -0.4 is 0 Å². The summed E-state index contributed by atoms with van der Waals surface area (Å²) in [7, 11) is 1.77. The molecule has 1 aliphatic heterocycles. The zero-order chi connectivity index (χ0) is 17.5. The standard InChI is InChI=1S/C23H42O2/c1-3-4-18-5-7-19(8-6-18)9-10-20-11-13-21(14-12-20)22-15-16-23(24-2)25-17-22/h18-23H,3-17H2,1-2H3. The van der Waals surface area contributed by atoms with E-state index in [4.69, 9.17) is 9.47 Å². The van der Waals surface area contributed by atoms with Crippen LogP contribution in [0.4, 0.5) is 0 Å². The molecule has 2 unspecified atom stereocenters. The van der Waals surface area contributed by atoms with Crippen molar-refractivity contribution >= 4 is 0 Å². The lowest BCUT2D eigenvalue weighted by Crippen LogP contribution is -2.33. The fraction of sp³-hybridized carbons (Fsp3) is 1.00. The summed E-state index contributed by atoms with van der Waals surface area (Å²) in [6.45, 7) is 3.28. The van der Waals surface area contributed by atoms with Gasteiger partial charge in [-0.15, -0.1) is 0 Å². The third kappa shape index (κ3) is 5.96. The van der Waals surface area contributed by atoms with Gasteiger partial charge < -0.3 is 9.47 Å². The van der Waals surface area contributed by atoms with Crippen LogP contribution >= 0.6 is 0 Å². The third-order valence-electron chi connectivity index (χ3n) is 7.74. The Kier molecular flexibility index (Phi) is 8.11. The molecule has 3 fully saturated rings. The lowest BCUT2D eigenvalue weighted by atomic mass is 9.71. The quantitative estimate of drug-likeness (QED) is 0.516. The summed E-state index contributed by atoms with van der Waals surface area (Å²) >= 11 is 0. The lowest BCUT2D eigenvalue weighted by molar-refractivity contribution is -0.167. The highest BCUT2D eigenvalue weighted by atomic mass is 16.7. The maximum atomic E-state index is 5.85. The number of rotatable bonds is 7.